The van der Waals surface area contributed by atoms with E-state index in [9.17, 15) is 13.2 Å². The standard InChI is InChI=1S/C14H19N5O3S2/c1-17-13(5-6-16-17)18-8-3-4-11(14(18)20)19(24(2,21)22)10-12-15-7-9-23-12/h5-7,9,11H,3-4,8,10H2,1-2H3/t11-/m0/s1. The molecule has 0 aromatic carbocycles. The number of aryl methyl sites for hydroxylation is 1. The molecule has 8 nitrogen and oxygen atoms in total. The average molecular weight is 369 g/mol. The van der Waals surface area contributed by atoms with Crippen LogP contribution in [0.4, 0.5) is 5.82 Å². The first-order valence-corrected chi connectivity index (χ1v) is 10.3. The van der Waals surface area contributed by atoms with Gasteiger partial charge in [-0.25, -0.2) is 13.4 Å². The van der Waals surface area contributed by atoms with Crippen molar-refractivity contribution in [3.05, 3.63) is 28.8 Å². The number of hydrogen-bond donors (Lipinski definition) is 0. The highest BCUT2D eigenvalue weighted by atomic mass is 32.2. The van der Waals surface area contributed by atoms with Crippen LogP contribution in [0.1, 0.15) is 17.8 Å². The number of anilines is 1. The van der Waals surface area contributed by atoms with Gasteiger partial charge in [0.25, 0.3) is 0 Å². The molecule has 0 bridgehead atoms. The zero-order valence-corrected chi connectivity index (χ0v) is 15.1. The van der Waals surface area contributed by atoms with Crippen LogP contribution in [-0.2, 0) is 28.4 Å². The Labute approximate surface area is 144 Å². The van der Waals surface area contributed by atoms with E-state index < -0.39 is 16.1 Å². The number of rotatable bonds is 5. The molecule has 1 atom stereocenters. The maximum Gasteiger partial charge on any atom is 0.246 e. The lowest BCUT2D eigenvalue weighted by atomic mass is 10.0. The van der Waals surface area contributed by atoms with Crippen LogP contribution < -0.4 is 4.90 Å². The Morgan fingerprint density at radius 2 is 2.21 bits per heavy atom. The Balaban J connectivity index is 1.89. The number of carbonyl (C=O) groups excluding carboxylic acids is 1. The Hall–Kier alpha value is -1.78. The van der Waals surface area contributed by atoms with E-state index in [0.717, 1.165) is 12.7 Å². The van der Waals surface area contributed by atoms with Crippen molar-refractivity contribution in [1.29, 1.82) is 0 Å². The molecule has 2 aromatic heterocycles. The molecule has 1 saturated heterocycles. The number of piperidine rings is 1. The van der Waals surface area contributed by atoms with E-state index in [-0.39, 0.29) is 12.5 Å². The Bertz CT molecular complexity index is 815. The predicted octanol–water partition coefficient (Wildman–Crippen LogP) is 0.834. The SMILES string of the molecule is Cn1nccc1N1CCC[C@H](N(Cc2nccs2)S(C)(=O)=O)C1=O. The number of hydrogen-bond acceptors (Lipinski definition) is 6. The molecule has 3 rings (SSSR count). The molecule has 0 spiro atoms. The molecule has 1 fully saturated rings. The summed E-state index contributed by atoms with van der Waals surface area (Å²) in [5.74, 6) is 0.458. The van der Waals surface area contributed by atoms with Crippen molar-refractivity contribution in [2.24, 2.45) is 7.05 Å². The second kappa shape index (κ2) is 6.61. The minimum Gasteiger partial charge on any atom is -0.296 e. The fourth-order valence-corrected chi connectivity index (χ4v) is 4.62. The third kappa shape index (κ3) is 3.35. The fraction of sp³-hybridized carbons (Fsp3) is 0.500. The fourth-order valence-electron chi connectivity index (χ4n) is 2.91. The van der Waals surface area contributed by atoms with Gasteiger partial charge in [0.15, 0.2) is 0 Å². The lowest BCUT2D eigenvalue weighted by Gasteiger charge is -2.36. The van der Waals surface area contributed by atoms with Gasteiger partial charge >= 0.3 is 0 Å². The van der Waals surface area contributed by atoms with Crippen LogP contribution in [0.5, 0.6) is 0 Å². The van der Waals surface area contributed by atoms with Gasteiger partial charge < -0.3 is 0 Å². The Morgan fingerprint density at radius 3 is 2.79 bits per heavy atom. The molecule has 1 amide bonds. The van der Waals surface area contributed by atoms with Crippen LogP contribution in [0.25, 0.3) is 0 Å². The summed E-state index contributed by atoms with van der Waals surface area (Å²) in [6.45, 7) is 0.676. The summed E-state index contributed by atoms with van der Waals surface area (Å²) in [5, 5.41) is 6.55. The van der Waals surface area contributed by atoms with Gasteiger partial charge in [-0.15, -0.1) is 11.3 Å². The molecule has 1 aliphatic heterocycles. The first kappa shape index (κ1) is 17.1. The van der Waals surface area contributed by atoms with Gasteiger partial charge in [-0.05, 0) is 12.8 Å². The van der Waals surface area contributed by atoms with E-state index in [1.165, 1.54) is 15.6 Å². The molecule has 0 N–H and O–H groups in total. The van der Waals surface area contributed by atoms with Crippen LogP contribution in [0.15, 0.2) is 23.8 Å². The lowest BCUT2D eigenvalue weighted by Crippen LogP contribution is -2.54. The van der Waals surface area contributed by atoms with E-state index in [1.807, 2.05) is 0 Å². The van der Waals surface area contributed by atoms with Crippen molar-refractivity contribution in [3.63, 3.8) is 0 Å². The Morgan fingerprint density at radius 1 is 1.42 bits per heavy atom. The summed E-state index contributed by atoms with van der Waals surface area (Å²) >= 11 is 1.38. The van der Waals surface area contributed by atoms with Gasteiger partial charge in [0, 0.05) is 31.2 Å². The average Bonchev–Trinajstić information content (AvgIpc) is 3.16. The largest absolute Gasteiger partial charge is 0.296 e. The van der Waals surface area contributed by atoms with Gasteiger partial charge in [0.1, 0.15) is 16.9 Å². The summed E-state index contributed by atoms with van der Waals surface area (Å²) in [5.41, 5.74) is 0. The summed E-state index contributed by atoms with van der Waals surface area (Å²) < 4.78 is 27.4. The maximum atomic E-state index is 13.0. The third-order valence-electron chi connectivity index (χ3n) is 4.03. The monoisotopic (exact) mass is 369 g/mol. The number of thiazole rings is 1. The van der Waals surface area contributed by atoms with E-state index >= 15 is 0 Å². The first-order chi connectivity index (χ1) is 11.4. The summed E-state index contributed by atoms with van der Waals surface area (Å²) in [6.07, 6.45) is 5.62. The molecule has 130 valence electrons. The minimum absolute atomic E-state index is 0.117. The molecule has 3 heterocycles. The third-order valence-corrected chi connectivity index (χ3v) is 6.03. The number of amides is 1. The molecule has 1 aliphatic rings. The van der Waals surface area contributed by atoms with E-state index in [1.54, 1.807) is 40.5 Å². The maximum absolute atomic E-state index is 13.0. The van der Waals surface area contributed by atoms with Crippen LogP contribution in [0.2, 0.25) is 0 Å². The van der Waals surface area contributed by atoms with Crippen molar-refractivity contribution in [1.82, 2.24) is 19.1 Å². The van der Waals surface area contributed by atoms with E-state index in [0.29, 0.717) is 23.8 Å². The molecule has 0 aliphatic carbocycles. The molecular formula is C14H19N5O3S2. The number of sulfonamides is 1. The molecule has 0 radical (unpaired) electrons. The first-order valence-electron chi connectivity index (χ1n) is 7.52. The number of aromatic nitrogens is 3. The molecule has 2 aromatic rings. The number of carbonyl (C=O) groups is 1. The summed E-state index contributed by atoms with van der Waals surface area (Å²) in [6, 6.07) is 1.04. The lowest BCUT2D eigenvalue weighted by molar-refractivity contribution is -0.123. The van der Waals surface area contributed by atoms with Crippen LogP contribution >= 0.6 is 11.3 Å². The smallest absolute Gasteiger partial charge is 0.246 e. The van der Waals surface area contributed by atoms with Crippen molar-refractivity contribution in [2.75, 3.05) is 17.7 Å². The Kier molecular flexibility index (Phi) is 4.70. The van der Waals surface area contributed by atoms with Crippen LogP contribution in [0, 0.1) is 0 Å². The molecule has 0 unspecified atom stereocenters. The zero-order chi connectivity index (χ0) is 17.3. The highest BCUT2D eigenvalue weighted by Gasteiger charge is 2.39. The highest BCUT2D eigenvalue weighted by Crippen LogP contribution is 2.26. The van der Waals surface area contributed by atoms with Gasteiger partial charge in [0.2, 0.25) is 15.9 Å². The molecular weight excluding hydrogens is 350 g/mol. The van der Waals surface area contributed by atoms with Crippen LogP contribution in [-0.4, -0.2) is 52.2 Å². The molecule has 10 heteroatoms. The van der Waals surface area contributed by atoms with Gasteiger partial charge in [-0.1, -0.05) is 0 Å². The van der Waals surface area contributed by atoms with Gasteiger partial charge in [-0.2, -0.15) is 9.40 Å². The van der Waals surface area contributed by atoms with E-state index in [2.05, 4.69) is 10.1 Å². The zero-order valence-electron chi connectivity index (χ0n) is 13.5. The van der Waals surface area contributed by atoms with Gasteiger partial charge in [-0.3, -0.25) is 14.4 Å². The predicted molar refractivity (Wildman–Crippen MR) is 91.1 cm³/mol. The topological polar surface area (TPSA) is 88.4 Å². The molecule has 0 saturated carbocycles. The van der Waals surface area contributed by atoms with Crippen molar-refractivity contribution in [2.45, 2.75) is 25.4 Å². The van der Waals surface area contributed by atoms with Crippen molar-refractivity contribution >= 4 is 33.1 Å². The second-order valence-corrected chi connectivity index (χ2v) is 8.61. The minimum atomic E-state index is -3.55. The normalized spacial score (nSPS) is 19.2. The highest BCUT2D eigenvalue weighted by molar-refractivity contribution is 7.88. The van der Waals surface area contributed by atoms with Gasteiger partial charge in [0.05, 0.1) is 19.0 Å². The summed E-state index contributed by atoms with van der Waals surface area (Å²) in [4.78, 5) is 18.7. The quantitative estimate of drug-likeness (QED) is 0.779. The second-order valence-electron chi connectivity index (χ2n) is 5.69. The number of nitrogens with zero attached hydrogens (tertiary/aromatic N) is 5. The molecule has 24 heavy (non-hydrogen) atoms. The summed E-state index contributed by atoms with van der Waals surface area (Å²) in [7, 11) is -1.79. The van der Waals surface area contributed by atoms with Crippen molar-refractivity contribution in [3.8, 4) is 0 Å². The van der Waals surface area contributed by atoms with Crippen molar-refractivity contribution < 1.29 is 13.2 Å². The van der Waals surface area contributed by atoms with Crippen LogP contribution in [0.3, 0.4) is 0 Å². The van der Waals surface area contributed by atoms with E-state index in [4.69, 9.17) is 0 Å².